The summed E-state index contributed by atoms with van der Waals surface area (Å²) in [4.78, 5) is 22.5. The van der Waals surface area contributed by atoms with Crippen LogP contribution in [0.2, 0.25) is 0 Å². The molecule has 0 bridgehead atoms. The van der Waals surface area contributed by atoms with Crippen molar-refractivity contribution in [3.05, 3.63) is 82.2 Å². The number of ether oxygens (including phenoxy) is 1. The number of hydrogen-bond donors (Lipinski definition) is 1. The number of methoxy groups -OCH3 is 1. The first kappa shape index (κ1) is 18.1. The highest BCUT2D eigenvalue weighted by atomic mass is 16.6. The molecule has 0 saturated carbocycles. The van der Waals surface area contributed by atoms with E-state index in [9.17, 15) is 14.9 Å². The Bertz CT molecular complexity index is 933. The largest absolute Gasteiger partial charge is 0.497 e. The average Bonchev–Trinajstić information content (AvgIpc) is 3.19. The van der Waals surface area contributed by atoms with Crippen molar-refractivity contribution in [3.8, 4) is 11.4 Å². The smallest absolute Gasteiger partial charge is 0.271 e. The molecule has 0 aliphatic rings. The van der Waals surface area contributed by atoms with Crippen LogP contribution in [-0.4, -0.2) is 34.3 Å². The molecule has 0 spiro atoms. The van der Waals surface area contributed by atoms with E-state index in [2.05, 4.69) is 10.4 Å². The summed E-state index contributed by atoms with van der Waals surface area (Å²) in [6.45, 7) is 0.482. The third-order valence-corrected chi connectivity index (χ3v) is 4.01. The number of rotatable bonds is 7. The van der Waals surface area contributed by atoms with Crippen LogP contribution < -0.4 is 10.1 Å². The van der Waals surface area contributed by atoms with Gasteiger partial charge in [0.2, 0.25) is 0 Å². The van der Waals surface area contributed by atoms with Crippen molar-refractivity contribution in [2.45, 2.75) is 6.42 Å². The van der Waals surface area contributed by atoms with Crippen LogP contribution in [-0.2, 0) is 6.42 Å². The van der Waals surface area contributed by atoms with E-state index >= 15 is 0 Å². The van der Waals surface area contributed by atoms with E-state index in [4.69, 9.17) is 4.74 Å². The van der Waals surface area contributed by atoms with Crippen LogP contribution in [0, 0.1) is 10.1 Å². The van der Waals surface area contributed by atoms with Crippen molar-refractivity contribution in [1.82, 2.24) is 15.1 Å². The monoisotopic (exact) mass is 366 g/mol. The topological polar surface area (TPSA) is 99.3 Å². The van der Waals surface area contributed by atoms with Crippen LogP contribution in [0.1, 0.15) is 16.1 Å². The van der Waals surface area contributed by atoms with Gasteiger partial charge in [-0.2, -0.15) is 5.10 Å². The van der Waals surface area contributed by atoms with Crippen molar-refractivity contribution in [1.29, 1.82) is 0 Å². The number of nitro benzene ring substituents is 1. The van der Waals surface area contributed by atoms with Crippen LogP contribution in [0.5, 0.6) is 5.75 Å². The van der Waals surface area contributed by atoms with Crippen LogP contribution in [0.25, 0.3) is 5.69 Å². The Labute approximate surface area is 155 Å². The Hall–Kier alpha value is -3.68. The van der Waals surface area contributed by atoms with Crippen LogP contribution in [0.15, 0.2) is 60.8 Å². The average molecular weight is 366 g/mol. The number of aromatic nitrogens is 2. The van der Waals surface area contributed by atoms with Crippen molar-refractivity contribution in [2.75, 3.05) is 13.7 Å². The van der Waals surface area contributed by atoms with E-state index in [1.54, 1.807) is 31.5 Å². The molecule has 8 heteroatoms. The van der Waals surface area contributed by atoms with Crippen LogP contribution in [0.3, 0.4) is 0 Å². The number of amides is 1. The lowest BCUT2D eigenvalue weighted by atomic mass is 10.1. The zero-order valence-electron chi connectivity index (χ0n) is 14.7. The summed E-state index contributed by atoms with van der Waals surface area (Å²) < 4.78 is 6.62. The lowest BCUT2D eigenvalue weighted by molar-refractivity contribution is -0.384. The van der Waals surface area contributed by atoms with Gasteiger partial charge < -0.3 is 10.1 Å². The highest BCUT2D eigenvalue weighted by Gasteiger charge is 2.11. The number of benzene rings is 2. The molecule has 0 saturated heterocycles. The second-order valence-electron chi connectivity index (χ2n) is 5.77. The first-order valence-electron chi connectivity index (χ1n) is 8.28. The summed E-state index contributed by atoms with van der Waals surface area (Å²) >= 11 is 0. The number of nitro groups is 1. The van der Waals surface area contributed by atoms with Gasteiger partial charge in [0.1, 0.15) is 5.75 Å². The fraction of sp³-hybridized carbons (Fsp3) is 0.158. The minimum atomic E-state index is -0.464. The highest BCUT2D eigenvalue weighted by molar-refractivity contribution is 5.92. The molecule has 27 heavy (non-hydrogen) atoms. The normalized spacial score (nSPS) is 10.4. The molecule has 1 aromatic heterocycles. The maximum absolute atomic E-state index is 12.2. The molecule has 0 fully saturated rings. The van der Waals surface area contributed by atoms with E-state index in [1.165, 1.54) is 16.8 Å². The molecule has 1 N–H and O–H groups in total. The Morgan fingerprint density at radius 3 is 2.48 bits per heavy atom. The zero-order chi connectivity index (χ0) is 19.2. The van der Waals surface area contributed by atoms with E-state index in [1.807, 2.05) is 24.3 Å². The standard InChI is InChI=1S/C19H18N4O4/c1-27-17-8-2-14(3-9-17)10-12-20-19(24)18-11-13-22(21-18)15-4-6-16(7-5-15)23(25)26/h2-9,11,13H,10,12H2,1H3,(H,20,24). The molecule has 3 rings (SSSR count). The van der Waals surface area contributed by atoms with Crippen molar-refractivity contribution in [2.24, 2.45) is 0 Å². The molecule has 0 atom stereocenters. The third-order valence-electron chi connectivity index (χ3n) is 4.01. The SMILES string of the molecule is COc1ccc(CCNC(=O)c2ccn(-c3ccc([N+](=O)[O-])cc3)n2)cc1. The molecule has 138 valence electrons. The minimum Gasteiger partial charge on any atom is -0.497 e. The number of nitrogens with zero attached hydrogens (tertiary/aromatic N) is 3. The van der Waals surface area contributed by atoms with Gasteiger partial charge in [-0.15, -0.1) is 0 Å². The van der Waals surface area contributed by atoms with Gasteiger partial charge in [0.15, 0.2) is 5.69 Å². The molecule has 0 radical (unpaired) electrons. The molecule has 0 aliphatic heterocycles. The van der Waals surface area contributed by atoms with Gasteiger partial charge in [-0.3, -0.25) is 14.9 Å². The molecule has 8 nitrogen and oxygen atoms in total. The van der Waals surface area contributed by atoms with Crippen LogP contribution in [0.4, 0.5) is 5.69 Å². The van der Waals surface area contributed by atoms with E-state index in [0.717, 1.165) is 11.3 Å². The molecule has 1 amide bonds. The molecule has 1 heterocycles. The summed E-state index contributed by atoms with van der Waals surface area (Å²) in [5.74, 6) is 0.517. The van der Waals surface area contributed by atoms with Gasteiger partial charge in [0.25, 0.3) is 11.6 Å². The number of carbonyl (C=O) groups excluding carboxylic acids is 1. The summed E-state index contributed by atoms with van der Waals surface area (Å²) in [5.41, 5.74) is 2.01. The van der Waals surface area contributed by atoms with Gasteiger partial charge in [0.05, 0.1) is 17.7 Å². The van der Waals surface area contributed by atoms with Gasteiger partial charge in [-0.05, 0) is 42.3 Å². The maximum Gasteiger partial charge on any atom is 0.271 e. The molecule has 0 aliphatic carbocycles. The quantitative estimate of drug-likeness (QED) is 0.512. The molecule has 0 unspecified atom stereocenters. The Kier molecular flexibility index (Phi) is 5.46. The number of non-ortho nitro benzene ring substituents is 1. The lowest BCUT2D eigenvalue weighted by Gasteiger charge is -2.05. The summed E-state index contributed by atoms with van der Waals surface area (Å²) in [6, 6.07) is 15.2. The maximum atomic E-state index is 12.2. The van der Waals surface area contributed by atoms with E-state index in [-0.39, 0.29) is 17.3 Å². The van der Waals surface area contributed by atoms with Gasteiger partial charge in [-0.1, -0.05) is 12.1 Å². The predicted octanol–water partition coefficient (Wildman–Crippen LogP) is 2.76. The highest BCUT2D eigenvalue weighted by Crippen LogP contribution is 2.15. The van der Waals surface area contributed by atoms with Crippen LogP contribution >= 0.6 is 0 Å². The van der Waals surface area contributed by atoms with Gasteiger partial charge >= 0.3 is 0 Å². The Morgan fingerprint density at radius 1 is 1.15 bits per heavy atom. The summed E-state index contributed by atoms with van der Waals surface area (Å²) in [6.07, 6.45) is 2.33. The molecule has 3 aromatic rings. The van der Waals surface area contributed by atoms with E-state index in [0.29, 0.717) is 18.7 Å². The minimum absolute atomic E-state index is 0.00223. The summed E-state index contributed by atoms with van der Waals surface area (Å²) in [7, 11) is 1.62. The Morgan fingerprint density at radius 2 is 1.85 bits per heavy atom. The molecular formula is C19H18N4O4. The first-order valence-corrected chi connectivity index (χ1v) is 8.28. The Balaban J connectivity index is 1.56. The zero-order valence-corrected chi connectivity index (χ0v) is 14.7. The second-order valence-corrected chi connectivity index (χ2v) is 5.77. The molecular weight excluding hydrogens is 348 g/mol. The lowest BCUT2D eigenvalue weighted by Crippen LogP contribution is -2.26. The van der Waals surface area contributed by atoms with Gasteiger partial charge in [0, 0.05) is 24.9 Å². The van der Waals surface area contributed by atoms with Gasteiger partial charge in [-0.25, -0.2) is 4.68 Å². The van der Waals surface area contributed by atoms with Crippen molar-refractivity contribution < 1.29 is 14.5 Å². The predicted molar refractivity (Wildman–Crippen MR) is 99.2 cm³/mol. The number of hydrogen-bond acceptors (Lipinski definition) is 5. The van der Waals surface area contributed by atoms with Crippen molar-refractivity contribution >= 4 is 11.6 Å². The van der Waals surface area contributed by atoms with E-state index < -0.39 is 4.92 Å². The number of nitrogens with one attached hydrogen (secondary N) is 1. The summed E-state index contributed by atoms with van der Waals surface area (Å²) in [5, 5.41) is 17.8. The molecule has 2 aromatic carbocycles. The fourth-order valence-corrected chi connectivity index (χ4v) is 2.52. The second kappa shape index (κ2) is 8.13. The fourth-order valence-electron chi connectivity index (χ4n) is 2.52. The number of carbonyl (C=O) groups is 1. The third kappa shape index (κ3) is 4.49. The first-order chi connectivity index (χ1) is 13.1. The van der Waals surface area contributed by atoms with Crippen molar-refractivity contribution in [3.63, 3.8) is 0 Å².